The maximum atomic E-state index is 13.7. The molecule has 1 amide bonds. The Balaban J connectivity index is 1.85. The summed E-state index contributed by atoms with van der Waals surface area (Å²) in [6.45, 7) is 2.34. The lowest BCUT2D eigenvalue weighted by Gasteiger charge is -2.29. The van der Waals surface area contributed by atoms with Crippen molar-refractivity contribution >= 4 is 28.7 Å². The van der Waals surface area contributed by atoms with Crippen LogP contribution in [0.15, 0.2) is 36.4 Å². The lowest BCUT2D eigenvalue weighted by atomic mass is 10.1. The second-order valence-corrected chi connectivity index (χ2v) is 7.19. The second kappa shape index (κ2) is 10.5. The van der Waals surface area contributed by atoms with E-state index in [0.29, 0.717) is 45.1 Å². The van der Waals surface area contributed by atoms with Crippen molar-refractivity contribution in [2.45, 2.75) is 6.18 Å². The molecule has 2 aromatic rings. The maximum Gasteiger partial charge on any atom is 0.418 e. The molecule has 9 nitrogen and oxygen atoms in total. The van der Waals surface area contributed by atoms with Gasteiger partial charge in [0.1, 0.15) is 5.69 Å². The van der Waals surface area contributed by atoms with Gasteiger partial charge in [-0.2, -0.15) is 13.2 Å². The number of anilines is 3. The minimum absolute atomic E-state index is 0.149. The molecule has 2 N–H and O–H groups in total. The van der Waals surface area contributed by atoms with Gasteiger partial charge < -0.3 is 25.0 Å². The molecule has 0 spiro atoms. The van der Waals surface area contributed by atoms with Gasteiger partial charge in [-0.3, -0.25) is 14.9 Å². The standard InChI is InChI=1S/C21H23F3N4O5/c1-32-9-6-25-18-4-2-14(12-19(18)28(30)31)20(29)26-17-5-3-15(13-16(17)21(22,23)24)27-7-10-33-11-8-27/h2-5,12-13,25H,6-11H2,1H3,(H,26,29). The minimum atomic E-state index is -4.72. The Morgan fingerprint density at radius 1 is 1.18 bits per heavy atom. The molecular formula is C21H23F3N4O5. The predicted octanol–water partition coefficient (Wildman–Crippen LogP) is 3.76. The Labute approximate surface area is 187 Å². The fourth-order valence-corrected chi connectivity index (χ4v) is 3.35. The van der Waals surface area contributed by atoms with Crippen molar-refractivity contribution in [3.05, 3.63) is 57.6 Å². The normalized spacial score (nSPS) is 14.1. The SMILES string of the molecule is COCCNc1ccc(C(=O)Nc2ccc(N3CCOCC3)cc2C(F)(F)F)cc1[N+](=O)[O-]. The summed E-state index contributed by atoms with van der Waals surface area (Å²) < 4.78 is 51.3. The number of nitro benzene ring substituents is 1. The van der Waals surface area contributed by atoms with Gasteiger partial charge in [0.05, 0.1) is 36.0 Å². The van der Waals surface area contributed by atoms with E-state index in [0.717, 1.165) is 12.1 Å². The average Bonchev–Trinajstić information content (AvgIpc) is 2.79. The van der Waals surface area contributed by atoms with E-state index in [1.54, 1.807) is 4.90 Å². The number of carbonyl (C=O) groups is 1. The molecule has 1 fully saturated rings. The highest BCUT2D eigenvalue weighted by atomic mass is 19.4. The number of carbonyl (C=O) groups excluding carboxylic acids is 1. The lowest BCUT2D eigenvalue weighted by Crippen LogP contribution is -2.36. The fourth-order valence-electron chi connectivity index (χ4n) is 3.35. The van der Waals surface area contributed by atoms with E-state index in [2.05, 4.69) is 10.6 Å². The van der Waals surface area contributed by atoms with E-state index in [9.17, 15) is 28.1 Å². The number of hydrogen-bond donors (Lipinski definition) is 2. The number of benzene rings is 2. The highest BCUT2D eigenvalue weighted by Crippen LogP contribution is 2.38. The van der Waals surface area contributed by atoms with Gasteiger partial charge in [0.25, 0.3) is 11.6 Å². The largest absolute Gasteiger partial charge is 0.418 e. The number of rotatable bonds is 8. The van der Waals surface area contributed by atoms with Crippen LogP contribution in [0.4, 0.5) is 35.9 Å². The number of alkyl halides is 3. The second-order valence-electron chi connectivity index (χ2n) is 7.19. The van der Waals surface area contributed by atoms with Crippen molar-refractivity contribution in [2.75, 3.05) is 62.1 Å². The number of halogens is 3. The van der Waals surface area contributed by atoms with Crippen molar-refractivity contribution in [3.63, 3.8) is 0 Å². The highest BCUT2D eigenvalue weighted by Gasteiger charge is 2.35. The van der Waals surface area contributed by atoms with E-state index in [1.165, 1.54) is 31.4 Å². The van der Waals surface area contributed by atoms with E-state index >= 15 is 0 Å². The van der Waals surface area contributed by atoms with Crippen LogP contribution in [0.3, 0.4) is 0 Å². The highest BCUT2D eigenvalue weighted by molar-refractivity contribution is 6.05. The third-order valence-corrected chi connectivity index (χ3v) is 5.01. The van der Waals surface area contributed by atoms with E-state index < -0.39 is 28.3 Å². The number of nitrogens with zero attached hydrogens (tertiary/aromatic N) is 2. The van der Waals surface area contributed by atoms with Gasteiger partial charge in [-0.05, 0) is 30.3 Å². The summed E-state index contributed by atoms with van der Waals surface area (Å²) in [5.41, 5.74) is -1.44. The molecule has 0 aromatic heterocycles. The summed E-state index contributed by atoms with van der Waals surface area (Å²) in [6.07, 6.45) is -4.72. The molecule has 12 heteroatoms. The van der Waals surface area contributed by atoms with Gasteiger partial charge in [0.15, 0.2) is 0 Å². The van der Waals surface area contributed by atoms with E-state index in [4.69, 9.17) is 9.47 Å². The molecule has 1 aliphatic rings. The molecule has 1 aliphatic heterocycles. The smallest absolute Gasteiger partial charge is 0.383 e. The fraction of sp³-hybridized carbons (Fsp3) is 0.381. The quantitative estimate of drug-likeness (QED) is 0.345. The minimum Gasteiger partial charge on any atom is -0.383 e. The Morgan fingerprint density at radius 2 is 1.88 bits per heavy atom. The third kappa shape index (κ3) is 6.11. The Bertz CT molecular complexity index is 1010. The Morgan fingerprint density at radius 3 is 2.52 bits per heavy atom. The number of morpholine rings is 1. The van der Waals surface area contributed by atoms with Gasteiger partial charge >= 0.3 is 6.18 Å². The summed E-state index contributed by atoms with van der Waals surface area (Å²) >= 11 is 0. The van der Waals surface area contributed by atoms with Crippen LogP contribution in [0.25, 0.3) is 0 Å². The van der Waals surface area contributed by atoms with Gasteiger partial charge in [-0.1, -0.05) is 0 Å². The van der Waals surface area contributed by atoms with Crippen LogP contribution < -0.4 is 15.5 Å². The molecule has 1 heterocycles. The maximum absolute atomic E-state index is 13.7. The Hall–Kier alpha value is -3.38. The topological polar surface area (TPSA) is 106 Å². The van der Waals surface area contributed by atoms with Crippen molar-refractivity contribution < 1.29 is 32.4 Å². The Kier molecular flexibility index (Phi) is 7.71. The van der Waals surface area contributed by atoms with Crippen molar-refractivity contribution in [2.24, 2.45) is 0 Å². The zero-order valence-electron chi connectivity index (χ0n) is 17.8. The molecule has 0 aliphatic carbocycles. The molecular weight excluding hydrogens is 445 g/mol. The van der Waals surface area contributed by atoms with Crippen LogP contribution in [-0.2, 0) is 15.7 Å². The van der Waals surface area contributed by atoms with Crippen LogP contribution >= 0.6 is 0 Å². The lowest BCUT2D eigenvalue weighted by molar-refractivity contribution is -0.384. The summed E-state index contributed by atoms with van der Waals surface area (Å²) in [6, 6.07) is 7.29. The van der Waals surface area contributed by atoms with E-state index in [1.807, 2.05) is 0 Å². The number of methoxy groups -OCH3 is 1. The summed E-state index contributed by atoms with van der Waals surface area (Å²) in [7, 11) is 1.48. The first kappa shape index (κ1) is 24.3. The number of ether oxygens (including phenoxy) is 2. The summed E-state index contributed by atoms with van der Waals surface area (Å²) in [4.78, 5) is 25.1. The predicted molar refractivity (Wildman–Crippen MR) is 116 cm³/mol. The van der Waals surface area contributed by atoms with Gasteiger partial charge in [0, 0.05) is 44.1 Å². The number of amides is 1. The molecule has 0 atom stereocenters. The molecule has 0 bridgehead atoms. The number of nitrogens with one attached hydrogen (secondary N) is 2. The van der Waals surface area contributed by atoms with Gasteiger partial charge in [-0.25, -0.2) is 0 Å². The van der Waals surface area contributed by atoms with Crippen molar-refractivity contribution in [1.82, 2.24) is 0 Å². The first-order valence-corrected chi connectivity index (χ1v) is 10.1. The average molecular weight is 468 g/mol. The molecule has 1 saturated heterocycles. The third-order valence-electron chi connectivity index (χ3n) is 5.01. The van der Waals surface area contributed by atoms with Crippen molar-refractivity contribution in [1.29, 1.82) is 0 Å². The molecule has 0 saturated carbocycles. The molecule has 0 unspecified atom stereocenters. The first-order chi connectivity index (χ1) is 15.7. The molecule has 3 rings (SSSR count). The van der Waals surface area contributed by atoms with E-state index in [-0.39, 0.29) is 16.9 Å². The number of hydrogen-bond acceptors (Lipinski definition) is 7. The molecule has 2 aromatic carbocycles. The van der Waals surface area contributed by atoms with Crippen LogP contribution in [-0.4, -0.2) is 57.4 Å². The molecule has 33 heavy (non-hydrogen) atoms. The summed E-state index contributed by atoms with van der Waals surface area (Å²) in [5.74, 6) is -0.897. The monoisotopic (exact) mass is 468 g/mol. The molecule has 0 radical (unpaired) electrons. The van der Waals surface area contributed by atoms with Crippen LogP contribution in [0.1, 0.15) is 15.9 Å². The molecule has 178 valence electrons. The number of nitro groups is 1. The van der Waals surface area contributed by atoms with Crippen LogP contribution in [0.5, 0.6) is 0 Å². The van der Waals surface area contributed by atoms with Gasteiger partial charge in [-0.15, -0.1) is 0 Å². The zero-order valence-corrected chi connectivity index (χ0v) is 17.8. The first-order valence-electron chi connectivity index (χ1n) is 10.1. The van der Waals surface area contributed by atoms with Crippen LogP contribution in [0, 0.1) is 10.1 Å². The van der Waals surface area contributed by atoms with Crippen LogP contribution in [0.2, 0.25) is 0 Å². The zero-order chi connectivity index (χ0) is 24.0. The summed E-state index contributed by atoms with van der Waals surface area (Å²) in [5, 5.41) is 16.5. The van der Waals surface area contributed by atoms with Gasteiger partial charge in [0.2, 0.25) is 0 Å². The van der Waals surface area contributed by atoms with Crippen molar-refractivity contribution in [3.8, 4) is 0 Å².